The van der Waals surface area contributed by atoms with E-state index < -0.39 is 0 Å². The minimum absolute atomic E-state index is 0.0411. The van der Waals surface area contributed by atoms with Gasteiger partial charge >= 0.3 is 5.97 Å². The molecule has 1 saturated heterocycles. The molecule has 0 unspecified atom stereocenters. The van der Waals surface area contributed by atoms with Crippen LogP contribution in [0.25, 0.3) is 0 Å². The normalized spacial score (nSPS) is 36.0. The number of hydrogen-bond acceptors (Lipinski definition) is 2. The zero-order valence-corrected chi connectivity index (χ0v) is 5.89. The van der Waals surface area contributed by atoms with Crippen LogP contribution in [0.2, 0.25) is 0 Å². The first-order chi connectivity index (χ1) is 4.20. The number of hydrogen-bond donors (Lipinski definition) is 0. The summed E-state index contributed by atoms with van der Waals surface area (Å²) in [6.07, 6.45) is 0.598. The van der Waals surface area contributed by atoms with Crippen molar-refractivity contribution in [1.29, 1.82) is 0 Å². The molecule has 0 saturated carbocycles. The summed E-state index contributed by atoms with van der Waals surface area (Å²) in [6, 6.07) is 0. The van der Waals surface area contributed by atoms with Crippen LogP contribution in [0.5, 0.6) is 0 Å². The van der Waals surface area contributed by atoms with E-state index in [2.05, 4.69) is 13.8 Å². The van der Waals surface area contributed by atoms with Crippen molar-refractivity contribution in [2.45, 2.75) is 20.3 Å². The van der Waals surface area contributed by atoms with E-state index in [0.29, 0.717) is 24.9 Å². The van der Waals surface area contributed by atoms with Gasteiger partial charge < -0.3 is 4.74 Å². The van der Waals surface area contributed by atoms with Crippen LogP contribution in [0.3, 0.4) is 0 Å². The van der Waals surface area contributed by atoms with Gasteiger partial charge in [0.25, 0.3) is 0 Å². The van der Waals surface area contributed by atoms with Gasteiger partial charge in [0.05, 0.1) is 6.61 Å². The fourth-order valence-corrected chi connectivity index (χ4v) is 0.912. The Bertz CT molecular complexity index is 120. The predicted molar refractivity (Wildman–Crippen MR) is 33.9 cm³/mol. The summed E-state index contributed by atoms with van der Waals surface area (Å²) >= 11 is 0. The molecule has 0 aromatic carbocycles. The maximum atomic E-state index is 10.6. The van der Waals surface area contributed by atoms with Crippen molar-refractivity contribution in [1.82, 2.24) is 0 Å². The van der Waals surface area contributed by atoms with Gasteiger partial charge in [0, 0.05) is 6.42 Å². The van der Waals surface area contributed by atoms with Crippen LogP contribution >= 0.6 is 0 Å². The summed E-state index contributed by atoms with van der Waals surface area (Å²) in [7, 11) is 0. The van der Waals surface area contributed by atoms with Crippen molar-refractivity contribution in [3.8, 4) is 0 Å². The standard InChI is InChI=1S/C7H12O2/c1-5-3-7(8)9-4-6(5)2/h5-6H,3-4H2,1-2H3/t5-,6+/m0/s1. The lowest BCUT2D eigenvalue weighted by atomic mass is 9.92. The molecule has 1 fully saturated rings. The molecule has 0 bridgehead atoms. The Morgan fingerprint density at radius 2 is 2.11 bits per heavy atom. The van der Waals surface area contributed by atoms with Gasteiger partial charge in [0.1, 0.15) is 0 Å². The molecular weight excluding hydrogens is 116 g/mol. The van der Waals surface area contributed by atoms with E-state index in [1.807, 2.05) is 0 Å². The highest BCUT2D eigenvalue weighted by molar-refractivity contribution is 5.70. The highest BCUT2D eigenvalue weighted by atomic mass is 16.5. The maximum absolute atomic E-state index is 10.6. The Kier molecular flexibility index (Phi) is 1.74. The first-order valence-corrected chi connectivity index (χ1v) is 3.36. The topological polar surface area (TPSA) is 26.3 Å². The average molecular weight is 128 g/mol. The number of rotatable bonds is 0. The Morgan fingerprint density at radius 1 is 1.44 bits per heavy atom. The molecule has 1 rings (SSSR count). The van der Waals surface area contributed by atoms with E-state index in [-0.39, 0.29) is 5.97 Å². The van der Waals surface area contributed by atoms with Crippen LogP contribution in [-0.2, 0) is 9.53 Å². The van der Waals surface area contributed by atoms with E-state index >= 15 is 0 Å². The van der Waals surface area contributed by atoms with Crippen molar-refractivity contribution in [3.63, 3.8) is 0 Å². The number of carbonyl (C=O) groups is 1. The monoisotopic (exact) mass is 128 g/mol. The lowest BCUT2D eigenvalue weighted by molar-refractivity contribution is -0.151. The molecule has 0 aromatic heterocycles. The highest BCUT2D eigenvalue weighted by Gasteiger charge is 2.22. The Labute approximate surface area is 55.2 Å². The molecule has 0 aromatic rings. The van der Waals surface area contributed by atoms with Crippen molar-refractivity contribution < 1.29 is 9.53 Å². The van der Waals surface area contributed by atoms with Crippen LogP contribution in [0, 0.1) is 11.8 Å². The minimum Gasteiger partial charge on any atom is -0.465 e. The third kappa shape index (κ3) is 1.44. The highest BCUT2D eigenvalue weighted by Crippen LogP contribution is 2.20. The van der Waals surface area contributed by atoms with Crippen LogP contribution in [0.4, 0.5) is 0 Å². The molecule has 0 spiro atoms. The molecule has 0 amide bonds. The van der Waals surface area contributed by atoms with Crippen LogP contribution in [0.15, 0.2) is 0 Å². The van der Waals surface area contributed by atoms with Gasteiger partial charge in [0.15, 0.2) is 0 Å². The summed E-state index contributed by atoms with van der Waals surface area (Å²) in [5.41, 5.74) is 0. The number of esters is 1. The zero-order valence-electron chi connectivity index (χ0n) is 5.89. The van der Waals surface area contributed by atoms with Gasteiger partial charge in [-0.1, -0.05) is 13.8 Å². The molecule has 2 atom stereocenters. The molecule has 1 heterocycles. The first kappa shape index (κ1) is 6.59. The second-order valence-electron chi connectivity index (χ2n) is 2.84. The largest absolute Gasteiger partial charge is 0.465 e. The van der Waals surface area contributed by atoms with Crippen LogP contribution < -0.4 is 0 Å². The lowest BCUT2D eigenvalue weighted by Crippen LogP contribution is -2.26. The van der Waals surface area contributed by atoms with Gasteiger partial charge in [-0.25, -0.2) is 0 Å². The molecule has 0 radical (unpaired) electrons. The molecule has 9 heavy (non-hydrogen) atoms. The Hall–Kier alpha value is -0.530. The van der Waals surface area contributed by atoms with Crippen LogP contribution in [0.1, 0.15) is 20.3 Å². The fourth-order valence-electron chi connectivity index (χ4n) is 0.912. The molecule has 0 aliphatic carbocycles. The molecule has 0 N–H and O–H groups in total. The molecule has 1 aliphatic heterocycles. The maximum Gasteiger partial charge on any atom is 0.306 e. The summed E-state index contributed by atoms with van der Waals surface area (Å²) in [5.74, 6) is 1.01. The number of ether oxygens (including phenoxy) is 1. The zero-order chi connectivity index (χ0) is 6.85. The predicted octanol–water partition coefficient (Wildman–Crippen LogP) is 1.21. The summed E-state index contributed by atoms with van der Waals surface area (Å²) in [6.45, 7) is 4.81. The third-order valence-corrected chi connectivity index (χ3v) is 1.97. The summed E-state index contributed by atoms with van der Waals surface area (Å²) < 4.78 is 4.82. The second-order valence-corrected chi connectivity index (χ2v) is 2.84. The van der Waals surface area contributed by atoms with E-state index in [1.165, 1.54) is 0 Å². The summed E-state index contributed by atoms with van der Waals surface area (Å²) in [5, 5.41) is 0. The van der Waals surface area contributed by atoms with Gasteiger partial charge in [-0.3, -0.25) is 4.79 Å². The van der Waals surface area contributed by atoms with Crippen molar-refractivity contribution in [2.24, 2.45) is 11.8 Å². The van der Waals surface area contributed by atoms with Crippen molar-refractivity contribution in [3.05, 3.63) is 0 Å². The smallest absolute Gasteiger partial charge is 0.306 e. The minimum atomic E-state index is -0.0411. The van der Waals surface area contributed by atoms with Crippen molar-refractivity contribution in [2.75, 3.05) is 6.61 Å². The second kappa shape index (κ2) is 2.38. The first-order valence-electron chi connectivity index (χ1n) is 3.36. The van der Waals surface area contributed by atoms with Gasteiger partial charge in [-0.15, -0.1) is 0 Å². The number of cyclic esters (lactones) is 1. The van der Waals surface area contributed by atoms with Crippen molar-refractivity contribution >= 4 is 5.97 Å². The molecule has 2 heteroatoms. The van der Waals surface area contributed by atoms with E-state index in [9.17, 15) is 4.79 Å². The number of carbonyl (C=O) groups excluding carboxylic acids is 1. The average Bonchev–Trinajstić information content (AvgIpc) is 1.80. The Balaban J connectivity index is 2.44. The van der Waals surface area contributed by atoms with Gasteiger partial charge in [-0.2, -0.15) is 0 Å². The van der Waals surface area contributed by atoms with Gasteiger partial charge in [0.2, 0.25) is 0 Å². The fraction of sp³-hybridized carbons (Fsp3) is 0.857. The van der Waals surface area contributed by atoms with E-state index in [0.717, 1.165) is 0 Å². The van der Waals surface area contributed by atoms with E-state index in [1.54, 1.807) is 0 Å². The summed E-state index contributed by atoms with van der Waals surface area (Å²) in [4.78, 5) is 10.6. The van der Waals surface area contributed by atoms with Crippen LogP contribution in [-0.4, -0.2) is 12.6 Å². The third-order valence-electron chi connectivity index (χ3n) is 1.97. The molecule has 2 nitrogen and oxygen atoms in total. The van der Waals surface area contributed by atoms with E-state index in [4.69, 9.17) is 4.74 Å². The quantitative estimate of drug-likeness (QED) is 0.458. The molecule has 52 valence electrons. The Morgan fingerprint density at radius 3 is 2.56 bits per heavy atom. The SMILES string of the molecule is C[C@@H]1COC(=O)C[C@@H]1C. The molecule has 1 aliphatic rings. The molecular formula is C7H12O2. The van der Waals surface area contributed by atoms with Gasteiger partial charge in [-0.05, 0) is 11.8 Å². The lowest BCUT2D eigenvalue weighted by Gasteiger charge is -2.24.